The standard InChI is InChI=1S/C25H33N7.HI/c1-3-26-25(29-18-22-9-10-24(28-17-22)32-16-13-27-20(32)2)30-23-11-14-31(15-12-23)19-21-7-5-4-6-8-21;/h4-10,13,16-17,23H,3,11-12,14-15,18-19H2,1-2H3,(H2,26,29,30);1H. The average molecular weight is 560 g/mol. The minimum Gasteiger partial charge on any atom is -0.357 e. The lowest BCUT2D eigenvalue weighted by molar-refractivity contribution is 0.198. The Morgan fingerprint density at radius 3 is 2.48 bits per heavy atom. The maximum Gasteiger partial charge on any atom is 0.191 e. The molecule has 3 aromatic rings. The second-order valence-electron chi connectivity index (χ2n) is 8.24. The summed E-state index contributed by atoms with van der Waals surface area (Å²) in [5.41, 5.74) is 2.47. The third-order valence-corrected chi connectivity index (χ3v) is 5.82. The highest BCUT2D eigenvalue weighted by molar-refractivity contribution is 14.0. The van der Waals surface area contributed by atoms with E-state index in [1.54, 1.807) is 6.20 Å². The third kappa shape index (κ3) is 7.26. The van der Waals surface area contributed by atoms with E-state index in [0.717, 1.165) is 62.2 Å². The van der Waals surface area contributed by atoms with Crippen molar-refractivity contribution in [2.75, 3.05) is 19.6 Å². The zero-order chi connectivity index (χ0) is 22.2. The van der Waals surface area contributed by atoms with E-state index >= 15 is 0 Å². The minimum atomic E-state index is 0. The van der Waals surface area contributed by atoms with Crippen LogP contribution in [-0.4, -0.2) is 51.1 Å². The Balaban J connectivity index is 0.00000306. The number of halogens is 1. The van der Waals surface area contributed by atoms with E-state index < -0.39 is 0 Å². The first-order valence-corrected chi connectivity index (χ1v) is 11.5. The SMILES string of the molecule is CCNC(=NCc1ccc(-n2ccnc2C)nc1)NC1CCN(Cc2ccccc2)CC1.I. The Bertz CT molecular complexity index is 993. The molecule has 0 radical (unpaired) electrons. The Morgan fingerprint density at radius 2 is 1.85 bits per heavy atom. The summed E-state index contributed by atoms with van der Waals surface area (Å²) in [6.45, 7) is 8.75. The molecule has 4 rings (SSSR count). The smallest absolute Gasteiger partial charge is 0.191 e. The van der Waals surface area contributed by atoms with Crippen LogP contribution < -0.4 is 10.6 Å². The molecular formula is C25H34IN7. The molecule has 176 valence electrons. The van der Waals surface area contributed by atoms with Crippen LogP contribution in [0.5, 0.6) is 0 Å². The Labute approximate surface area is 213 Å². The number of aryl methyl sites for hydroxylation is 1. The number of nitrogens with one attached hydrogen (secondary N) is 2. The number of nitrogens with zero attached hydrogens (tertiary/aromatic N) is 5. The average Bonchev–Trinajstić information content (AvgIpc) is 3.26. The van der Waals surface area contributed by atoms with Crippen LogP contribution in [0, 0.1) is 6.92 Å². The molecule has 1 aromatic carbocycles. The van der Waals surface area contributed by atoms with Crippen LogP contribution in [0.4, 0.5) is 0 Å². The predicted molar refractivity (Wildman–Crippen MR) is 144 cm³/mol. The van der Waals surface area contributed by atoms with Gasteiger partial charge in [-0.2, -0.15) is 0 Å². The summed E-state index contributed by atoms with van der Waals surface area (Å²) in [5.74, 6) is 2.68. The third-order valence-electron chi connectivity index (χ3n) is 5.82. The van der Waals surface area contributed by atoms with E-state index in [1.807, 2.05) is 30.0 Å². The van der Waals surface area contributed by atoms with Gasteiger partial charge in [0.1, 0.15) is 11.6 Å². The van der Waals surface area contributed by atoms with Crippen LogP contribution in [-0.2, 0) is 13.1 Å². The molecule has 0 bridgehead atoms. The van der Waals surface area contributed by atoms with Crippen LogP contribution in [0.1, 0.15) is 36.7 Å². The summed E-state index contributed by atoms with van der Waals surface area (Å²) in [5, 5.41) is 7.02. The number of rotatable bonds is 7. The van der Waals surface area contributed by atoms with Crippen molar-refractivity contribution in [2.24, 2.45) is 4.99 Å². The molecule has 1 fully saturated rings. The number of hydrogen-bond acceptors (Lipinski definition) is 4. The van der Waals surface area contributed by atoms with E-state index in [-0.39, 0.29) is 24.0 Å². The van der Waals surface area contributed by atoms with E-state index in [1.165, 1.54) is 5.56 Å². The number of guanidine groups is 1. The van der Waals surface area contributed by atoms with Crippen molar-refractivity contribution >= 4 is 29.9 Å². The van der Waals surface area contributed by atoms with Gasteiger partial charge >= 0.3 is 0 Å². The van der Waals surface area contributed by atoms with E-state index in [0.29, 0.717) is 12.6 Å². The van der Waals surface area contributed by atoms with Gasteiger partial charge in [-0.25, -0.2) is 15.0 Å². The fourth-order valence-corrected chi connectivity index (χ4v) is 4.03. The summed E-state index contributed by atoms with van der Waals surface area (Å²) in [4.78, 5) is 16.2. The number of pyridine rings is 1. The number of hydrogen-bond donors (Lipinski definition) is 2. The monoisotopic (exact) mass is 559 g/mol. The van der Waals surface area contributed by atoms with Crippen molar-refractivity contribution < 1.29 is 0 Å². The van der Waals surface area contributed by atoms with Crippen LogP contribution in [0.3, 0.4) is 0 Å². The second-order valence-corrected chi connectivity index (χ2v) is 8.24. The van der Waals surface area contributed by atoms with E-state index in [2.05, 4.69) is 68.8 Å². The molecule has 33 heavy (non-hydrogen) atoms. The van der Waals surface area contributed by atoms with E-state index in [9.17, 15) is 0 Å². The summed E-state index contributed by atoms with van der Waals surface area (Å²) < 4.78 is 1.98. The van der Waals surface area contributed by atoms with Crippen molar-refractivity contribution in [3.8, 4) is 5.82 Å². The lowest BCUT2D eigenvalue weighted by atomic mass is 10.0. The Morgan fingerprint density at radius 1 is 1.06 bits per heavy atom. The molecule has 0 amide bonds. The lowest BCUT2D eigenvalue weighted by Gasteiger charge is -2.33. The molecule has 0 unspecified atom stereocenters. The van der Waals surface area contributed by atoms with Gasteiger partial charge in [0.15, 0.2) is 5.96 Å². The number of imidazole rings is 1. The maximum absolute atomic E-state index is 4.80. The molecule has 0 aliphatic carbocycles. The molecule has 2 N–H and O–H groups in total. The first-order chi connectivity index (χ1) is 15.7. The van der Waals surface area contributed by atoms with Gasteiger partial charge in [0.25, 0.3) is 0 Å². The van der Waals surface area contributed by atoms with Crippen molar-refractivity contribution in [1.29, 1.82) is 0 Å². The highest BCUT2D eigenvalue weighted by atomic mass is 127. The summed E-state index contributed by atoms with van der Waals surface area (Å²) >= 11 is 0. The van der Waals surface area contributed by atoms with Gasteiger partial charge < -0.3 is 10.6 Å². The van der Waals surface area contributed by atoms with Gasteiger partial charge in [0.2, 0.25) is 0 Å². The highest BCUT2D eigenvalue weighted by Crippen LogP contribution is 2.14. The van der Waals surface area contributed by atoms with Gasteiger partial charge in [-0.3, -0.25) is 9.47 Å². The van der Waals surface area contributed by atoms with Crippen molar-refractivity contribution in [1.82, 2.24) is 30.1 Å². The fraction of sp³-hybridized carbons (Fsp3) is 0.400. The molecule has 0 saturated carbocycles. The fourth-order valence-electron chi connectivity index (χ4n) is 4.03. The summed E-state index contributed by atoms with van der Waals surface area (Å²) in [6.07, 6.45) is 7.85. The maximum atomic E-state index is 4.80. The molecule has 0 atom stereocenters. The zero-order valence-corrected chi connectivity index (χ0v) is 21.8. The zero-order valence-electron chi connectivity index (χ0n) is 19.4. The van der Waals surface area contributed by atoms with Crippen molar-refractivity contribution in [3.63, 3.8) is 0 Å². The molecule has 2 aromatic heterocycles. The lowest BCUT2D eigenvalue weighted by Crippen LogP contribution is -2.48. The Kier molecular flexibility index (Phi) is 9.68. The van der Waals surface area contributed by atoms with Gasteiger partial charge in [-0.1, -0.05) is 36.4 Å². The van der Waals surface area contributed by atoms with Crippen molar-refractivity contribution in [2.45, 2.75) is 45.8 Å². The largest absolute Gasteiger partial charge is 0.357 e. The molecule has 8 heteroatoms. The first kappa shape index (κ1) is 25.2. The van der Waals surface area contributed by atoms with Crippen LogP contribution in [0.2, 0.25) is 0 Å². The van der Waals surface area contributed by atoms with Crippen LogP contribution in [0.15, 0.2) is 66.0 Å². The highest BCUT2D eigenvalue weighted by Gasteiger charge is 2.20. The molecule has 0 spiro atoms. The minimum absolute atomic E-state index is 0. The number of aliphatic imine (C=N–C) groups is 1. The van der Waals surface area contributed by atoms with E-state index in [4.69, 9.17) is 4.99 Å². The normalized spacial score (nSPS) is 15.2. The van der Waals surface area contributed by atoms with Gasteiger partial charge in [0, 0.05) is 50.8 Å². The van der Waals surface area contributed by atoms with Crippen LogP contribution in [0.25, 0.3) is 5.82 Å². The summed E-state index contributed by atoms with van der Waals surface area (Å²) in [7, 11) is 0. The topological polar surface area (TPSA) is 70.4 Å². The quantitative estimate of drug-likeness (QED) is 0.261. The Hall–Kier alpha value is -2.46. The summed E-state index contributed by atoms with van der Waals surface area (Å²) in [6, 6.07) is 15.3. The number of piperidine rings is 1. The number of likely N-dealkylation sites (tertiary alicyclic amines) is 1. The van der Waals surface area contributed by atoms with Crippen LogP contribution >= 0.6 is 24.0 Å². The van der Waals surface area contributed by atoms with Gasteiger partial charge in [0.05, 0.1) is 6.54 Å². The molecule has 3 heterocycles. The first-order valence-electron chi connectivity index (χ1n) is 11.5. The number of aromatic nitrogens is 3. The molecule has 1 saturated heterocycles. The molecular weight excluding hydrogens is 525 g/mol. The molecule has 1 aliphatic rings. The predicted octanol–water partition coefficient (Wildman–Crippen LogP) is 3.91. The number of benzene rings is 1. The molecule has 1 aliphatic heterocycles. The van der Waals surface area contributed by atoms with Crippen molar-refractivity contribution in [3.05, 3.63) is 78.0 Å². The molecule has 7 nitrogen and oxygen atoms in total. The second kappa shape index (κ2) is 12.7. The van der Waals surface area contributed by atoms with Gasteiger partial charge in [-0.05, 0) is 43.9 Å². The van der Waals surface area contributed by atoms with Gasteiger partial charge in [-0.15, -0.1) is 24.0 Å².